The average molecular weight is 364 g/mol. The molecule has 0 aliphatic heterocycles. The topological polar surface area (TPSA) is 89.3 Å². The van der Waals surface area contributed by atoms with Gasteiger partial charge in [0.15, 0.2) is 0 Å². The molecule has 0 saturated heterocycles. The zero-order chi connectivity index (χ0) is 18.1. The molecular formula is C18H16N6OS. The Morgan fingerprint density at radius 3 is 2.81 bits per heavy atom. The zero-order valence-electron chi connectivity index (χ0n) is 14.3. The van der Waals surface area contributed by atoms with Crippen LogP contribution < -0.4 is 5.56 Å². The molecule has 0 amide bonds. The predicted octanol–water partition coefficient (Wildman–Crippen LogP) is 2.81. The van der Waals surface area contributed by atoms with Gasteiger partial charge in [-0.25, -0.2) is 4.98 Å². The lowest BCUT2D eigenvalue weighted by Crippen LogP contribution is -2.11. The van der Waals surface area contributed by atoms with Crippen LogP contribution >= 0.6 is 11.8 Å². The highest BCUT2D eigenvalue weighted by Crippen LogP contribution is 2.22. The highest BCUT2D eigenvalue weighted by atomic mass is 32.2. The summed E-state index contributed by atoms with van der Waals surface area (Å²) in [6.07, 6.45) is 0. The lowest BCUT2D eigenvalue weighted by Gasteiger charge is -2.07. The third kappa shape index (κ3) is 3.11. The first-order valence-electron chi connectivity index (χ1n) is 8.08. The van der Waals surface area contributed by atoms with Crippen LogP contribution in [0.4, 0.5) is 0 Å². The number of nitrogens with one attached hydrogen (secondary N) is 1. The van der Waals surface area contributed by atoms with E-state index in [1.54, 1.807) is 10.7 Å². The van der Waals surface area contributed by atoms with Gasteiger partial charge in [-0.1, -0.05) is 30.0 Å². The van der Waals surface area contributed by atoms with Crippen LogP contribution in [0.3, 0.4) is 0 Å². The lowest BCUT2D eigenvalue weighted by molar-refractivity contribution is 0.755. The Hall–Kier alpha value is -3.00. The minimum Gasteiger partial charge on any atom is -0.309 e. The average Bonchev–Trinajstić information content (AvgIpc) is 3.11. The van der Waals surface area contributed by atoms with Gasteiger partial charge in [-0.3, -0.25) is 4.79 Å². The predicted molar refractivity (Wildman–Crippen MR) is 101 cm³/mol. The Morgan fingerprint density at radius 2 is 1.96 bits per heavy atom. The van der Waals surface area contributed by atoms with Crippen molar-refractivity contribution in [3.8, 4) is 5.69 Å². The Kier molecular flexibility index (Phi) is 4.26. The molecule has 4 aromatic rings. The molecule has 0 aliphatic carbocycles. The summed E-state index contributed by atoms with van der Waals surface area (Å²) in [7, 11) is 0. The summed E-state index contributed by atoms with van der Waals surface area (Å²) >= 11 is 1.42. The van der Waals surface area contributed by atoms with Crippen LogP contribution in [0.25, 0.3) is 16.6 Å². The first-order valence-corrected chi connectivity index (χ1v) is 9.07. The van der Waals surface area contributed by atoms with E-state index in [4.69, 9.17) is 0 Å². The van der Waals surface area contributed by atoms with Gasteiger partial charge in [-0.05, 0) is 59.7 Å². The second-order valence-corrected chi connectivity index (χ2v) is 6.90. The fraction of sp³-hybridized carbons (Fsp3) is 0.167. The molecule has 4 rings (SSSR count). The van der Waals surface area contributed by atoms with Gasteiger partial charge in [-0.2, -0.15) is 4.68 Å². The summed E-state index contributed by atoms with van der Waals surface area (Å²) in [5.74, 6) is 1.05. The summed E-state index contributed by atoms with van der Waals surface area (Å²) in [5.41, 5.74) is 3.84. The summed E-state index contributed by atoms with van der Waals surface area (Å²) in [5, 5.41) is 13.2. The number of para-hydroxylation sites is 1. The smallest absolute Gasteiger partial charge is 0.258 e. The molecule has 130 valence electrons. The second kappa shape index (κ2) is 6.72. The van der Waals surface area contributed by atoms with Gasteiger partial charge in [0.25, 0.3) is 5.56 Å². The molecule has 7 nitrogen and oxygen atoms in total. The number of aromatic nitrogens is 6. The molecular weight excluding hydrogens is 348 g/mol. The van der Waals surface area contributed by atoms with Gasteiger partial charge in [0.2, 0.25) is 5.16 Å². The van der Waals surface area contributed by atoms with Crippen molar-refractivity contribution in [1.29, 1.82) is 0 Å². The lowest BCUT2D eigenvalue weighted by atomic mass is 10.1. The second-order valence-electron chi connectivity index (χ2n) is 5.96. The van der Waals surface area contributed by atoms with E-state index in [0.717, 1.165) is 5.69 Å². The van der Waals surface area contributed by atoms with Crippen molar-refractivity contribution in [2.45, 2.75) is 24.8 Å². The van der Waals surface area contributed by atoms with Crippen molar-refractivity contribution >= 4 is 22.7 Å². The maximum absolute atomic E-state index is 12.2. The van der Waals surface area contributed by atoms with Crippen LogP contribution in [0.2, 0.25) is 0 Å². The Morgan fingerprint density at radius 1 is 1.12 bits per heavy atom. The fourth-order valence-electron chi connectivity index (χ4n) is 2.62. The van der Waals surface area contributed by atoms with Gasteiger partial charge < -0.3 is 4.98 Å². The number of H-pyrrole nitrogens is 1. The Balaban J connectivity index is 1.61. The normalized spacial score (nSPS) is 11.2. The summed E-state index contributed by atoms with van der Waals surface area (Å²) in [6.45, 7) is 4.12. The summed E-state index contributed by atoms with van der Waals surface area (Å²) < 4.78 is 1.69. The third-order valence-electron chi connectivity index (χ3n) is 4.18. The number of benzene rings is 2. The number of fused-ring (bicyclic) bond motifs is 1. The largest absolute Gasteiger partial charge is 0.309 e. The molecule has 1 N–H and O–H groups in total. The van der Waals surface area contributed by atoms with E-state index in [1.165, 1.54) is 22.9 Å². The number of hydrogen-bond acceptors (Lipinski definition) is 6. The van der Waals surface area contributed by atoms with Gasteiger partial charge in [0.05, 0.1) is 22.3 Å². The number of aryl methyl sites for hydroxylation is 2. The van der Waals surface area contributed by atoms with Crippen molar-refractivity contribution in [3.63, 3.8) is 0 Å². The van der Waals surface area contributed by atoms with Crippen molar-refractivity contribution in [2.24, 2.45) is 0 Å². The molecule has 0 radical (unpaired) electrons. The highest BCUT2D eigenvalue weighted by molar-refractivity contribution is 7.98. The van der Waals surface area contributed by atoms with E-state index in [1.807, 2.05) is 36.4 Å². The molecule has 0 spiro atoms. The van der Waals surface area contributed by atoms with Crippen LogP contribution in [-0.2, 0) is 5.75 Å². The molecule has 0 bridgehead atoms. The van der Waals surface area contributed by atoms with Crippen LogP contribution in [0.5, 0.6) is 0 Å². The minimum atomic E-state index is -0.139. The van der Waals surface area contributed by atoms with Crippen LogP contribution in [-0.4, -0.2) is 30.2 Å². The van der Waals surface area contributed by atoms with Crippen molar-refractivity contribution in [3.05, 3.63) is 69.8 Å². The molecule has 26 heavy (non-hydrogen) atoms. The van der Waals surface area contributed by atoms with E-state index in [-0.39, 0.29) is 5.56 Å². The van der Waals surface area contributed by atoms with Crippen molar-refractivity contribution in [2.75, 3.05) is 0 Å². The number of rotatable bonds is 4. The number of nitrogens with zero attached hydrogens (tertiary/aromatic N) is 5. The summed E-state index contributed by atoms with van der Waals surface area (Å²) in [6, 6.07) is 13.4. The highest BCUT2D eigenvalue weighted by Gasteiger charge is 2.11. The van der Waals surface area contributed by atoms with E-state index in [0.29, 0.717) is 27.6 Å². The van der Waals surface area contributed by atoms with Crippen molar-refractivity contribution in [1.82, 2.24) is 30.2 Å². The number of thioether (sulfide) groups is 1. The molecule has 0 atom stereocenters. The van der Waals surface area contributed by atoms with Crippen LogP contribution in [0, 0.1) is 13.8 Å². The molecule has 2 aromatic heterocycles. The number of tetrazole rings is 1. The fourth-order valence-corrected chi connectivity index (χ4v) is 3.39. The van der Waals surface area contributed by atoms with E-state index < -0.39 is 0 Å². The summed E-state index contributed by atoms with van der Waals surface area (Å²) in [4.78, 5) is 19.5. The zero-order valence-corrected chi connectivity index (χ0v) is 15.1. The standard InChI is InChI=1S/C18H16N6OS/c1-11-7-8-13(9-12(11)2)24-18(21-22-23-24)26-10-16-19-15-6-4-3-5-14(15)17(25)20-16/h3-9H,10H2,1-2H3,(H,19,20,25). The van der Waals surface area contributed by atoms with E-state index in [9.17, 15) is 4.79 Å². The number of aromatic amines is 1. The first kappa shape index (κ1) is 16.5. The molecule has 0 aliphatic rings. The molecule has 0 unspecified atom stereocenters. The first-order chi connectivity index (χ1) is 12.6. The van der Waals surface area contributed by atoms with Gasteiger partial charge in [0, 0.05) is 0 Å². The SMILES string of the molecule is Cc1ccc(-n2nnnc2SCc2nc3ccccc3c(=O)[nH]2)cc1C. The molecule has 0 fully saturated rings. The van der Waals surface area contributed by atoms with Gasteiger partial charge in [0.1, 0.15) is 5.82 Å². The van der Waals surface area contributed by atoms with Gasteiger partial charge >= 0.3 is 0 Å². The number of hydrogen-bond donors (Lipinski definition) is 1. The van der Waals surface area contributed by atoms with Crippen LogP contribution in [0.15, 0.2) is 52.4 Å². The quantitative estimate of drug-likeness (QED) is 0.560. The molecule has 2 heterocycles. The monoisotopic (exact) mass is 364 g/mol. The van der Waals surface area contributed by atoms with Gasteiger partial charge in [-0.15, -0.1) is 5.10 Å². The maximum Gasteiger partial charge on any atom is 0.258 e. The Bertz CT molecular complexity index is 1150. The van der Waals surface area contributed by atoms with E-state index in [2.05, 4.69) is 39.3 Å². The molecule has 0 saturated carbocycles. The van der Waals surface area contributed by atoms with Crippen molar-refractivity contribution < 1.29 is 0 Å². The Labute approximate surface area is 153 Å². The minimum absolute atomic E-state index is 0.139. The molecule has 8 heteroatoms. The van der Waals surface area contributed by atoms with E-state index >= 15 is 0 Å². The maximum atomic E-state index is 12.2. The third-order valence-corrected chi connectivity index (χ3v) is 5.11. The molecule has 2 aromatic carbocycles. The van der Waals surface area contributed by atoms with Crippen LogP contribution in [0.1, 0.15) is 17.0 Å².